The molecule has 7 heterocycles. The molecule has 2 aliphatic rings. The number of carboxylic acids is 1. The van der Waals surface area contributed by atoms with Gasteiger partial charge in [0.2, 0.25) is 0 Å². The number of nitrogens with zero attached hydrogens (tertiary/aromatic N) is 7. The molecule has 6 aromatic heterocycles. The molecular formula is C99H61Br2N15O7. The van der Waals surface area contributed by atoms with Gasteiger partial charge >= 0.3 is 5.97 Å². The first-order valence-electron chi connectivity index (χ1n) is 39.2. The van der Waals surface area contributed by atoms with Crippen molar-refractivity contribution in [2.24, 2.45) is 4.99 Å². The predicted octanol–water partition coefficient (Wildman–Crippen LogP) is 25.4. The molecule has 0 saturated heterocycles. The average molecular weight is 1730 g/mol. The maximum absolute atomic E-state index is 13.1. The number of benzene rings is 16. The number of amidine groups is 1. The second-order valence-electron chi connectivity index (χ2n) is 30.0. The summed E-state index contributed by atoms with van der Waals surface area (Å²) in [6.07, 6.45) is 5.85. The van der Waals surface area contributed by atoms with Crippen LogP contribution in [-0.4, -0.2) is 77.5 Å². The number of H-pyrrole nitrogens is 6. The first-order valence-corrected chi connectivity index (χ1v) is 40.8. The van der Waals surface area contributed by atoms with Gasteiger partial charge < -0.3 is 45.6 Å². The fourth-order valence-corrected chi connectivity index (χ4v) is 18.2. The van der Waals surface area contributed by atoms with Gasteiger partial charge in [-0.25, -0.2) is 24.6 Å². The zero-order valence-electron chi connectivity index (χ0n) is 64.3. The van der Waals surface area contributed by atoms with Crippen LogP contribution in [0.25, 0.3) is 181 Å². The van der Waals surface area contributed by atoms with Gasteiger partial charge in [-0.1, -0.05) is 208 Å². The molecule has 0 radical (unpaired) electrons. The van der Waals surface area contributed by atoms with Gasteiger partial charge in [0.05, 0.1) is 66.7 Å². The Balaban J connectivity index is 0.000000102. The molecule has 0 spiro atoms. The molecule has 1 aliphatic carbocycles. The molecule has 2 atom stereocenters. The number of carbonyl (C=O) groups is 2. The SMILES string of the molecule is O=C(O)c1ccccc1C(=O)Nc1ccc2c3ccccc3c3nc(-c4c[nH]c5ccc(Br)cc45)[nH]c3c2c1.O=[N+]([O-])c1ccc2c(c1)C1N=C(c3c[nH]c4ccc(Br)cc34)NC1c1cc([N+](=O)[O-])ccc1-2.[C-]#[N+]c1cccc(-c2nc3c4ccccc4c4ccccc4c3[nH]2)c1.c1ccc2c(-c3nc4c5ccccc5c5ccccc5c4[nH]3)c[nH]c2c1. The third-order valence-electron chi connectivity index (χ3n) is 23.1. The van der Waals surface area contributed by atoms with Crippen molar-refractivity contribution in [2.75, 3.05) is 5.32 Å². The van der Waals surface area contributed by atoms with E-state index in [0.29, 0.717) is 17.2 Å². The lowest BCUT2D eigenvalue weighted by atomic mass is 9.79. The Morgan fingerprint density at radius 1 is 0.407 bits per heavy atom. The van der Waals surface area contributed by atoms with Crippen LogP contribution in [-0.2, 0) is 0 Å². The Labute approximate surface area is 712 Å². The smallest absolute Gasteiger partial charge is 0.336 e. The number of nitro benzene ring substituents is 2. The lowest BCUT2D eigenvalue weighted by Crippen LogP contribution is -2.27. The van der Waals surface area contributed by atoms with E-state index in [-0.39, 0.29) is 28.5 Å². The number of nitro groups is 2. The lowest BCUT2D eigenvalue weighted by Gasteiger charge is -2.29. The molecule has 123 heavy (non-hydrogen) atoms. The van der Waals surface area contributed by atoms with Crippen molar-refractivity contribution in [3.8, 4) is 45.3 Å². The monoisotopic (exact) mass is 1730 g/mol. The molecule has 2 unspecified atom stereocenters. The Morgan fingerprint density at radius 3 is 1.40 bits per heavy atom. The van der Waals surface area contributed by atoms with E-state index in [1.807, 2.05) is 116 Å². The topological polar surface area (TPSA) is 315 Å². The highest BCUT2D eigenvalue weighted by molar-refractivity contribution is 9.10. The zero-order valence-corrected chi connectivity index (χ0v) is 67.5. The Morgan fingerprint density at radius 2 is 0.846 bits per heavy atom. The number of aromatic nitrogens is 9. The second-order valence-corrected chi connectivity index (χ2v) is 31.8. The van der Waals surface area contributed by atoms with Crippen LogP contribution in [0.1, 0.15) is 49.5 Å². The first-order chi connectivity index (χ1) is 60.1. The fraction of sp³-hybridized carbons (Fsp3) is 0.0202. The quantitative estimate of drug-likeness (QED) is 0.0283. The minimum absolute atomic E-state index is 0.0101. The number of halogens is 2. The van der Waals surface area contributed by atoms with Crippen LogP contribution in [0.15, 0.2) is 318 Å². The highest BCUT2D eigenvalue weighted by atomic mass is 79.9. The number of para-hydroxylation sites is 1. The van der Waals surface area contributed by atoms with Crippen LogP contribution in [0.5, 0.6) is 0 Å². The number of aromatic carboxylic acids is 1. The summed E-state index contributed by atoms with van der Waals surface area (Å²) < 4.78 is 1.90. The number of non-ortho nitro benzene ring substituents is 2. The standard InChI is InChI=1S/C31H19BrN4O3.C23H14BrN5O4.C23H15N3.C22H13N3/c32-16-9-12-26-23(13-16)25(15-33-26)29-35-27-20-6-2-1-5-18(20)19-11-10-17(14-24(19)28(27)36-29)34-30(37)21-7-3-4-8-22(21)31(38)39;24-11-1-6-20-16(7-11)19(10-25-20)23-26-21-17-8-12(28(30)31)2-4-14(17)15-5-3-13(29(32)33)9-18(15)22(21)27-23;1-3-10-17-14(7-1)15-8-2-4-11-18(15)22-21(17)25-23(26-22)19-13-24-20-12-6-5-9-16(19)20;1-23-15-8-6-7-14(13-15)22-24-20-18-11-4-2-9-16(18)17-10-3-5-12-19(17)21(20)25-22/h1-15,33H,(H,34,37)(H,35,36)(H,38,39);1-10,21-22,25H,(H,26,27);1-13,24H,(H,25,26);2-13H,(H,24,25). The third-order valence-corrected chi connectivity index (χ3v) is 24.1. The number of nitrogens with one attached hydrogen (secondary N) is 8. The van der Waals surface area contributed by atoms with Crippen molar-refractivity contribution >= 4 is 203 Å². The maximum atomic E-state index is 13.1. The van der Waals surface area contributed by atoms with Crippen LogP contribution in [0, 0.1) is 26.8 Å². The zero-order chi connectivity index (χ0) is 83.4. The highest BCUT2D eigenvalue weighted by Gasteiger charge is 2.41. The fourth-order valence-electron chi connectivity index (χ4n) is 17.5. The molecule has 22 nitrogen and oxygen atoms in total. The molecule has 0 saturated carbocycles. The largest absolute Gasteiger partial charge is 0.478 e. The third kappa shape index (κ3) is 12.9. The Bertz CT molecular complexity index is 8190. The molecule has 1 aliphatic heterocycles. The first kappa shape index (κ1) is 74.3. The number of aliphatic imine (C=N–C) groups is 1. The lowest BCUT2D eigenvalue weighted by molar-refractivity contribution is -0.385. The highest BCUT2D eigenvalue weighted by Crippen LogP contribution is 2.52. The number of hydrogen-bond acceptors (Lipinski definition) is 11. The van der Waals surface area contributed by atoms with Crippen molar-refractivity contribution in [1.29, 1.82) is 0 Å². The number of anilines is 1. The van der Waals surface area contributed by atoms with Gasteiger partial charge in [0, 0.05) is 145 Å². The number of hydrogen-bond donors (Lipinski definition) is 9. The van der Waals surface area contributed by atoms with Crippen molar-refractivity contribution in [3.63, 3.8) is 0 Å². The number of fused-ring (bicyclic) bond motifs is 27. The second kappa shape index (κ2) is 30.0. The van der Waals surface area contributed by atoms with Crippen LogP contribution in [0.4, 0.5) is 22.7 Å². The van der Waals surface area contributed by atoms with Crippen molar-refractivity contribution in [3.05, 3.63) is 372 Å². The van der Waals surface area contributed by atoms with E-state index in [4.69, 9.17) is 26.5 Å². The number of carbonyl (C=O) groups excluding carboxylic acids is 1. The van der Waals surface area contributed by atoms with E-state index in [9.17, 15) is 34.9 Å². The van der Waals surface area contributed by atoms with Gasteiger partial charge in [0.15, 0.2) is 5.69 Å². The van der Waals surface area contributed by atoms with Gasteiger partial charge in [0.25, 0.3) is 17.3 Å². The number of imidazole rings is 3. The van der Waals surface area contributed by atoms with E-state index in [1.165, 1.54) is 62.0 Å². The normalized spacial score (nSPS) is 13.3. The summed E-state index contributed by atoms with van der Waals surface area (Å²) in [4.78, 5) is 90.6. The minimum atomic E-state index is -1.15. The summed E-state index contributed by atoms with van der Waals surface area (Å²) in [5.41, 5.74) is 17.0. The molecule has 1 amide bonds. The van der Waals surface area contributed by atoms with Gasteiger partial charge in [-0.15, -0.1) is 0 Å². The minimum Gasteiger partial charge on any atom is -0.478 e. The molecular weight excluding hydrogens is 1670 g/mol. The molecule has 24 heteroatoms. The van der Waals surface area contributed by atoms with Crippen molar-refractivity contribution in [2.45, 2.75) is 12.1 Å². The maximum Gasteiger partial charge on any atom is 0.336 e. The van der Waals surface area contributed by atoms with Crippen LogP contribution in [0.2, 0.25) is 0 Å². The van der Waals surface area contributed by atoms with Gasteiger partial charge in [0.1, 0.15) is 29.4 Å². The number of carboxylic acid groups (broad SMARTS) is 1. The van der Waals surface area contributed by atoms with Gasteiger partial charge in [-0.3, -0.25) is 30.0 Å². The molecule has 9 N–H and O–H groups in total. The van der Waals surface area contributed by atoms with E-state index < -0.39 is 27.8 Å². The molecule has 24 rings (SSSR count). The summed E-state index contributed by atoms with van der Waals surface area (Å²) >= 11 is 7.07. The molecule has 16 aromatic carbocycles. The van der Waals surface area contributed by atoms with E-state index in [2.05, 4.69) is 205 Å². The molecule has 588 valence electrons. The van der Waals surface area contributed by atoms with Gasteiger partial charge in [-0.05, 0) is 140 Å². The average Bonchev–Trinajstić information content (AvgIpc) is 1.59. The van der Waals surface area contributed by atoms with E-state index in [1.54, 1.807) is 36.4 Å². The summed E-state index contributed by atoms with van der Waals surface area (Å²) in [7, 11) is 0. The summed E-state index contributed by atoms with van der Waals surface area (Å²) in [5.74, 6) is 1.42. The van der Waals surface area contributed by atoms with E-state index in [0.717, 1.165) is 164 Å². The van der Waals surface area contributed by atoms with Crippen molar-refractivity contribution < 1.29 is 24.5 Å². The Kier molecular flexibility index (Phi) is 18.1. The Hall–Kier alpha value is -16.2. The van der Waals surface area contributed by atoms with Gasteiger partial charge in [-0.2, -0.15) is 0 Å². The molecule has 22 aromatic rings. The predicted molar refractivity (Wildman–Crippen MR) is 495 cm³/mol. The van der Waals surface area contributed by atoms with Crippen LogP contribution in [0.3, 0.4) is 0 Å². The van der Waals surface area contributed by atoms with Crippen molar-refractivity contribution in [1.82, 2.24) is 50.2 Å². The van der Waals surface area contributed by atoms with Crippen LogP contribution >= 0.6 is 31.9 Å². The number of amides is 1. The summed E-state index contributed by atoms with van der Waals surface area (Å²) in [6.45, 7) is 7.22. The summed E-state index contributed by atoms with van der Waals surface area (Å²) in [5, 5.41) is 55.5. The van der Waals surface area contributed by atoms with Crippen LogP contribution < -0.4 is 10.6 Å². The number of aromatic amines is 6. The molecule has 0 bridgehead atoms. The summed E-state index contributed by atoms with van der Waals surface area (Å²) in [6, 6.07) is 90.2. The number of rotatable bonds is 9. The van der Waals surface area contributed by atoms with E-state index >= 15 is 0 Å². The molecule has 0 fully saturated rings.